The van der Waals surface area contributed by atoms with E-state index < -0.39 is 0 Å². The van der Waals surface area contributed by atoms with Crippen molar-refractivity contribution in [1.82, 2.24) is 14.6 Å². The summed E-state index contributed by atoms with van der Waals surface area (Å²) in [4.78, 5) is 4.33. The first-order valence-corrected chi connectivity index (χ1v) is 5.88. The summed E-state index contributed by atoms with van der Waals surface area (Å²) in [6.45, 7) is 0. The molecule has 0 aromatic carbocycles. The van der Waals surface area contributed by atoms with Crippen LogP contribution in [0.3, 0.4) is 0 Å². The number of thiophene rings is 1. The van der Waals surface area contributed by atoms with Gasteiger partial charge in [-0.3, -0.25) is 0 Å². The molecule has 0 spiro atoms. The van der Waals surface area contributed by atoms with Crippen molar-refractivity contribution >= 4 is 22.8 Å². The van der Waals surface area contributed by atoms with Gasteiger partial charge in [0, 0.05) is 18.0 Å². The van der Waals surface area contributed by atoms with E-state index in [0.29, 0.717) is 0 Å². The van der Waals surface area contributed by atoms with Crippen molar-refractivity contribution in [2.24, 2.45) is 0 Å². The van der Waals surface area contributed by atoms with Gasteiger partial charge >= 0.3 is 0 Å². The summed E-state index contributed by atoms with van der Waals surface area (Å²) in [5.41, 5.74) is 3.03. The first-order valence-electron chi connectivity index (χ1n) is 4.93. The Labute approximate surface area is 96.6 Å². The van der Waals surface area contributed by atoms with E-state index in [-0.39, 0.29) is 0 Å². The Morgan fingerprint density at radius 3 is 3.00 bits per heavy atom. The van der Waals surface area contributed by atoms with Crippen molar-refractivity contribution in [3.63, 3.8) is 0 Å². The summed E-state index contributed by atoms with van der Waals surface area (Å²) >= 11 is 1.67. The van der Waals surface area contributed by atoms with E-state index in [0.717, 1.165) is 22.7 Å². The Morgan fingerprint density at radius 1 is 1.31 bits per heavy atom. The molecule has 4 nitrogen and oxygen atoms in total. The number of hydrogen-bond acceptors (Lipinski definition) is 4. The van der Waals surface area contributed by atoms with Crippen LogP contribution >= 0.6 is 11.3 Å². The summed E-state index contributed by atoms with van der Waals surface area (Å²) in [6, 6.07) is 5.94. The molecule has 0 atom stereocenters. The quantitative estimate of drug-likeness (QED) is 0.735. The highest BCUT2D eigenvalue weighted by Gasteiger charge is 2.07. The maximum Gasteiger partial charge on any atom is 0.154 e. The van der Waals surface area contributed by atoms with E-state index in [2.05, 4.69) is 32.2 Å². The molecule has 3 rings (SSSR count). The maximum atomic E-state index is 4.46. The van der Waals surface area contributed by atoms with Crippen LogP contribution in [-0.2, 0) is 0 Å². The molecule has 80 valence electrons. The van der Waals surface area contributed by atoms with Gasteiger partial charge in [0.15, 0.2) is 5.65 Å². The third kappa shape index (κ3) is 1.37. The fourth-order valence-corrected chi connectivity index (χ4v) is 2.26. The molecule has 0 saturated heterocycles. The molecule has 0 saturated carbocycles. The third-order valence-corrected chi connectivity index (χ3v) is 3.12. The average Bonchev–Trinajstić information content (AvgIpc) is 2.96. The summed E-state index contributed by atoms with van der Waals surface area (Å²) in [7, 11) is 1.86. The standard InChI is InChI=1S/C11H10N4S/c1-12-10-2-3-11-13-6-9(15(11)14-10)8-4-5-16-7-8/h2-7H,1H3,(H,12,14). The second-order valence-electron chi connectivity index (χ2n) is 3.39. The van der Waals surface area contributed by atoms with Crippen LogP contribution in [0.4, 0.5) is 5.82 Å². The number of hydrogen-bond donors (Lipinski definition) is 1. The van der Waals surface area contributed by atoms with Crippen molar-refractivity contribution in [2.75, 3.05) is 12.4 Å². The molecule has 0 bridgehead atoms. The molecule has 0 radical (unpaired) electrons. The molecular weight excluding hydrogens is 220 g/mol. The SMILES string of the molecule is CNc1ccc2ncc(-c3ccsc3)n2n1. The molecular formula is C11H10N4S. The topological polar surface area (TPSA) is 42.2 Å². The van der Waals surface area contributed by atoms with Gasteiger partial charge < -0.3 is 5.32 Å². The molecule has 0 aliphatic rings. The van der Waals surface area contributed by atoms with Crippen molar-refractivity contribution < 1.29 is 0 Å². The van der Waals surface area contributed by atoms with Gasteiger partial charge in [0.2, 0.25) is 0 Å². The number of imidazole rings is 1. The maximum absolute atomic E-state index is 4.46. The molecule has 5 heteroatoms. The Hall–Kier alpha value is -1.88. The number of anilines is 1. The zero-order valence-corrected chi connectivity index (χ0v) is 9.53. The van der Waals surface area contributed by atoms with E-state index in [4.69, 9.17) is 0 Å². The molecule has 3 aromatic rings. The van der Waals surface area contributed by atoms with Crippen molar-refractivity contribution in [3.05, 3.63) is 35.2 Å². The summed E-state index contributed by atoms with van der Waals surface area (Å²) < 4.78 is 1.86. The zero-order valence-electron chi connectivity index (χ0n) is 8.71. The highest BCUT2D eigenvalue weighted by molar-refractivity contribution is 7.08. The van der Waals surface area contributed by atoms with E-state index in [1.54, 1.807) is 11.3 Å². The molecule has 16 heavy (non-hydrogen) atoms. The normalized spacial score (nSPS) is 10.8. The summed E-state index contributed by atoms with van der Waals surface area (Å²) in [5.74, 6) is 0.835. The van der Waals surface area contributed by atoms with E-state index in [1.165, 1.54) is 0 Å². The van der Waals surface area contributed by atoms with E-state index >= 15 is 0 Å². The number of nitrogens with one attached hydrogen (secondary N) is 1. The molecule has 0 unspecified atom stereocenters. The van der Waals surface area contributed by atoms with E-state index in [9.17, 15) is 0 Å². The van der Waals surface area contributed by atoms with Gasteiger partial charge in [-0.15, -0.1) is 5.10 Å². The van der Waals surface area contributed by atoms with E-state index in [1.807, 2.05) is 29.9 Å². The lowest BCUT2D eigenvalue weighted by Crippen LogP contribution is -1.99. The fourth-order valence-electron chi connectivity index (χ4n) is 1.61. The molecule has 3 aromatic heterocycles. The lowest BCUT2D eigenvalue weighted by molar-refractivity contribution is 0.946. The second kappa shape index (κ2) is 3.61. The van der Waals surface area contributed by atoms with Crippen LogP contribution in [0.2, 0.25) is 0 Å². The van der Waals surface area contributed by atoms with Gasteiger partial charge in [-0.2, -0.15) is 11.3 Å². The monoisotopic (exact) mass is 230 g/mol. The van der Waals surface area contributed by atoms with Crippen LogP contribution in [-0.4, -0.2) is 21.6 Å². The van der Waals surface area contributed by atoms with Gasteiger partial charge in [-0.25, -0.2) is 9.50 Å². The lowest BCUT2D eigenvalue weighted by atomic mass is 10.3. The highest BCUT2D eigenvalue weighted by Crippen LogP contribution is 2.22. The first kappa shape index (κ1) is 9.35. The van der Waals surface area contributed by atoms with Crippen LogP contribution < -0.4 is 5.32 Å². The van der Waals surface area contributed by atoms with Gasteiger partial charge in [-0.1, -0.05) is 0 Å². The number of aromatic nitrogens is 3. The Kier molecular flexibility index (Phi) is 2.11. The van der Waals surface area contributed by atoms with Crippen LogP contribution in [0, 0.1) is 0 Å². The molecule has 0 aliphatic heterocycles. The van der Waals surface area contributed by atoms with Gasteiger partial charge in [0.25, 0.3) is 0 Å². The molecule has 0 amide bonds. The lowest BCUT2D eigenvalue weighted by Gasteiger charge is -2.01. The number of rotatable bonds is 2. The largest absolute Gasteiger partial charge is 0.372 e. The average molecular weight is 230 g/mol. The van der Waals surface area contributed by atoms with Gasteiger partial charge in [0.05, 0.1) is 11.9 Å². The predicted molar refractivity (Wildman–Crippen MR) is 65.8 cm³/mol. The minimum absolute atomic E-state index is 0.835. The minimum atomic E-state index is 0.835. The Morgan fingerprint density at radius 2 is 2.25 bits per heavy atom. The number of fused-ring (bicyclic) bond motifs is 1. The minimum Gasteiger partial charge on any atom is -0.372 e. The molecule has 1 N–H and O–H groups in total. The van der Waals surface area contributed by atoms with Crippen LogP contribution in [0.1, 0.15) is 0 Å². The second-order valence-corrected chi connectivity index (χ2v) is 4.17. The third-order valence-electron chi connectivity index (χ3n) is 2.44. The number of nitrogens with zero attached hydrogens (tertiary/aromatic N) is 3. The Bertz CT molecular complexity index is 612. The van der Waals surface area contributed by atoms with Gasteiger partial charge in [-0.05, 0) is 23.6 Å². The van der Waals surface area contributed by atoms with Crippen LogP contribution in [0.5, 0.6) is 0 Å². The highest BCUT2D eigenvalue weighted by atomic mass is 32.1. The van der Waals surface area contributed by atoms with Gasteiger partial charge in [0.1, 0.15) is 5.82 Å². The Balaban J connectivity index is 2.25. The van der Waals surface area contributed by atoms with Crippen LogP contribution in [0.25, 0.3) is 16.9 Å². The molecule has 0 fully saturated rings. The van der Waals surface area contributed by atoms with Crippen LogP contribution in [0.15, 0.2) is 35.2 Å². The summed E-state index contributed by atoms with van der Waals surface area (Å²) in [6.07, 6.45) is 1.85. The first-order chi connectivity index (χ1) is 7.88. The van der Waals surface area contributed by atoms with Crippen molar-refractivity contribution in [1.29, 1.82) is 0 Å². The predicted octanol–water partition coefficient (Wildman–Crippen LogP) is 2.50. The zero-order chi connectivity index (χ0) is 11.0. The summed E-state index contributed by atoms with van der Waals surface area (Å²) in [5, 5.41) is 11.6. The fraction of sp³-hybridized carbons (Fsp3) is 0.0909. The molecule has 3 heterocycles. The van der Waals surface area contributed by atoms with Crippen molar-refractivity contribution in [3.8, 4) is 11.3 Å². The molecule has 0 aliphatic carbocycles. The smallest absolute Gasteiger partial charge is 0.154 e. The van der Waals surface area contributed by atoms with Crippen molar-refractivity contribution in [2.45, 2.75) is 0 Å².